The molecule has 1 aliphatic rings. The number of nitrogens with zero attached hydrogens (tertiary/aromatic N) is 3. The van der Waals surface area contributed by atoms with Crippen molar-refractivity contribution in [2.75, 3.05) is 18.0 Å². The molecule has 1 aromatic rings. The molecule has 7 nitrogen and oxygen atoms in total. The predicted molar refractivity (Wildman–Crippen MR) is 68.1 cm³/mol. The highest BCUT2D eigenvalue weighted by atomic mass is 16.6. The Morgan fingerprint density at radius 1 is 1.63 bits per heavy atom. The summed E-state index contributed by atoms with van der Waals surface area (Å²) < 4.78 is 0. The molecule has 0 bridgehead atoms. The van der Waals surface area contributed by atoms with E-state index in [9.17, 15) is 20.0 Å². The number of aromatic nitrogens is 1. The Hall–Kier alpha value is -2.18. The van der Waals surface area contributed by atoms with Gasteiger partial charge in [-0.1, -0.05) is 0 Å². The van der Waals surface area contributed by atoms with E-state index in [1.54, 1.807) is 11.8 Å². The number of anilines is 1. The van der Waals surface area contributed by atoms with Crippen molar-refractivity contribution in [1.82, 2.24) is 4.98 Å². The summed E-state index contributed by atoms with van der Waals surface area (Å²) in [6.45, 7) is 2.48. The molecule has 0 aromatic carbocycles. The third-order valence-electron chi connectivity index (χ3n) is 3.48. The van der Waals surface area contributed by atoms with E-state index in [2.05, 4.69) is 4.98 Å². The number of hydrogen-bond acceptors (Lipinski definition) is 5. The molecule has 1 fully saturated rings. The van der Waals surface area contributed by atoms with Crippen LogP contribution in [0, 0.1) is 15.5 Å². The number of carbonyl (C=O) groups is 1. The van der Waals surface area contributed by atoms with E-state index < -0.39 is 16.3 Å². The Bertz CT molecular complexity index is 519. The van der Waals surface area contributed by atoms with Crippen LogP contribution in [0.15, 0.2) is 18.3 Å². The molecule has 7 heteroatoms. The van der Waals surface area contributed by atoms with Crippen molar-refractivity contribution < 1.29 is 14.8 Å². The molecule has 0 spiro atoms. The average Bonchev–Trinajstić information content (AvgIpc) is 2.38. The van der Waals surface area contributed by atoms with Gasteiger partial charge in [0.2, 0.25) is 5.82 Å². The van der Waals surface area contributed by atoms with E-state index in [1.165, 1.54) is 18.3 Å². The van der Waals surface area contributed by atoms with Gasteiger partial charge in [-0.15, -0.1) is 0 Å². The average molecular weight is 265 g/mol. The van der Waals surface area contributed by atoms with Crippen molar-refractivity contribution in [3.63, 3.8) is 0 Å². The molecular formula is C12H15N3O4. The van der Waals surface area contributed by atoms with Gasteiger partial charge in [0.25, 0.3) is 0 Å². The lowest BCUT2D eigenvalue weighted by molar-refractivity contribution is -0.384. The summed E-state index contributed by atoms with van der Waals surface area (Å²) in [7, 11) is 0. The van der Waals surface area contributed by atoms with Crippen LogP contribution < -0.4 is 4.90 Å². The number of carboxylic acid groups (broad SMARTS) is 1. The van der Waals surface area contributed by atoms with Gasteiger partial charge in [0.15, 0.2) is 0 Å². The van der Waals surface area contributed by atoms with E-state index in [0.717, 1.165) is 0 Å². The first kappa shape index (κ1) is 13.3. The van der Waals surface area contributed by atoms with Gasteiger partial charge < -0.3 is 10.0 Å². The number of piperidine rings is 1. The van der Waals surface area contributed by atoms with Crippen molar-refractivity contribution in [1.29, 1.82) is 0 Å². The van der Waals surface area contributed by atoms with E-state index in [4.69, 9.17) is 0 Å². The molecule has 0 radical (unpaired) electrons. The van der Waals surface area contributed by atoms with Crippen LogP contribution in [0.1, 0.15) is 19.8 Å². The highest BCUT2D eigenvalue weighted by Gasteiger charge is 2.39. The number of nitro groups is 1. The number of carboxylic acids is 1. The van der Waals surface area contributed by atoms with Crippen LogP contribution in [0.3, 0.4) is 0 Å². The molecule has 1 aliphatic heterocycles. The summed E-state index contributed by atoms with van der Waals surface area (Å²) in [5.41, 5.74) is -0.971. The molecule has 0 saturated carbocycles. The molecule has 0 aliphatic carbocycles. The monoisotopic (exact) mass is 265 g/mol. The minimum Gasteiger partial charge on any atom is -0.481 e. The second-order valence-corrected chi connectivity index (χ2v) is 4.99. The fourth-order valence-corrected chi connectivity index (χ4v) is 2.37. The minimum atomic E-state index is -0.885. The first-order chi connectivity index (χ1) is 8.94. The molecular weight excluding hydrogens is 250 g/mol. The molecule has 1 N–H and O–H groups in total. The number of aliphatic carboxylic acids is 1. The molecule has 102 valence electrons. The molecule has 2 rings (SSSR count). The fourth-order valence-electron chi connectivity index (χ4n) is 2.37. The van der Waals surface area contributed by atoms with Gasteiger partial charge in [-0.2, -0.15) is 0 Å². The zero-order valence-electron chi connectivity index (χ0n) is 10.6. The minimum absolute atomic E-state index is 0.0860. The predicted octanol–water partition coefficient (Wildman–Crippen LogP) is 1.68. The maximum atomic E-state index is 11.3. The standard InChI is InChI=1S/C12H15N3O4/c1-12(11(16)17)5-3-7-14(8-12)10-9(15(18)19)4-2-6-13-10/h2,4,6H,3,5,7-8H2,1H3,(H,16,17). The van der Waals surface area contributed by atoms with Crippen molar-refractivity contribution in [3.05, 3.63) is 28.4 Å². The highest BCUT2D eigenvalue weighted by molar-refractivity contribution is 5.75. The largest absolute Gasteiger partial charge is 0.481 e. The molecule has 1 saturated heterocycles. The van der Waals surface area contributed by atoms with Crippen LogP contribution >= 0.6 is 0 Å². The quantitative estimate of drug-likeness (QED) is 0.659. The van der Waals surface area contributed by atoms with Crippen molar-refractivity contribution in [2.45, 2.75) is 19.8 Å². The Balaban J connectivity index is 2.32. The first-order valence-electron chi connectivity index (χ1n) is 6.02. The summed E-state index contributed by atoms with van der Waals surface area (Å²) in [4.78, 5) is 27.5. The topological polar surface area (TPSA) is 96.6 Å². The summed E-state index contributed by atoms with van der Waals surface area (Å²) in [6.07, 6.45) is 2.73. The summed E-state index contributed by atoms with van der Waals surface area (Å²) in [6, 6.07) is 2.89. The van der Waals surface area contributed by atoms with Gasteiger partial charge in [0.05, 0.1) is 10.3 Å². The van der Waals surface area contributed by atoms with E-state index >= 15 is 0 Å². The van der Waals surface area contributed by atoms with Gasteiger partial charge in [0.1, 0.15) is 0 Å². The van der Waals surface area contributed by atoms with E-state index in [-0.39, 0.29) is 18.1 Å². The van der Waals surface area contributed by atoms with Crippen molar-refractivity contribution >= 4 is 17.5 Å². The fraction of sp³-hybridized carbons (Fsp3) is 0.500. The van der Waals surface area contributed by atoms with Crippen LogP contribution in [0.4, 0.5) is 11.5 Å². The maximum absolute atomic E-state index is 11.3. The van der Waals surface area contributed by atoms with Crippen LogP contribution in [-0.2, 0) is 4.79 Å². The summed E-state index contributed by atoms with van der Waals surface area (Å²) in [5.74, 6) is -0.629. The van der Waals surface area contributed by atoms with Gasteiger partial charge in [0, 0.05) is 25.4 Å². The van der Waals surface area contributed by atoms with Gasteiger partial charge in [-0.3, -0.25) is 14.9 Å². The normalized spacial score (nSPS) is 23.1. The zero-order chi connectivity index (χ0) is 14.0. The van der Waals surface area contributed by atoms with Crippen LogP contribution in [0.25, 0.3) is 0 Å². The van der Waals surface area contributed by atoms with Gasteiger partial charge in [-0.05, 0) is 25.8 Å². The lowest BCUT2D eigenvalue weighted by atomic mass is 9.82. The smallest absolute Gasteiger partial charge is 0.311 e. The second-order valence-electron chi connectivity index (χ2n) is 4.99. The lowest BCUT2D eigenvalue weighted by Gasteiger charge is -2.37. The van der Waals surface area contributed by atoms with Crippen molar-refractivity contribution in [3.8, 4) is 0 Å². The highest BCUT2D eigenvalue weighted by Crippen LogP contribution is 2.34. The Morgan fingerprint density at radius 3 is 3.00 bits per heavy atom. The Kier molecular flexibility index (Phi) is 3.37. The van der Waals surface area contributed by atoms with Crippen LogP contribution in [-0.4, -0.2) is 34.1 Å². The second kappa shape index (κ2) is 4.83. The number of pyridine rings is 1. The third kappa shape index (κ3) is 2.49. The van der Waals surface area contributed by atoms with Gasteiger partial charge in [-0.25, -0.2) is 4.98 Å². The maximum Gasteiger partial charge on any atom is 0.311 e. The van der Waals surface area contributed by atoms with E-state index in [1.807, 2.05) is 0 Å². The third-order valence-corrected chi connectivity index (χ3v) is 3.48. The zero-order valence-corrected chi connectivity index (χ0v) is 10.6. The molecule has 19 heavy (non-hydrogen) atoms. The number of hydrogen-bond donors (Lipinski definition) is 1. The molecule has 1 atom stereocenters. The van der Waals surface area contributed by atoms with Crippen molar-refractivity contribution in [2.24, 2.45) is 5.41 Å². The van der Waals surface area contributed by atoms with Gasteiger partial charge >= 0.3 is 11.7 Å². The molecule has 0 amide bonds. The number of rotatable bonds is 3. The Morgan fingerprint density at radius 2 is 2.37 bits per heavy atom. The van der Waals surface area contributed by atoms with Crippen LogP contribution in [0.2, 0.25) is 0 Å². The lowest BCUT2D eigenvalue weighted by Crippen LogP contribution is -2.46. The summed E-state index contributed by atoms with van der Waals surface area (Å²) >= 11 is 0. The molecule has 1 unspecified atom stereocenters. The SMILES string of the molecule is CC1(C(=O)O)CCCN(c2ncccc2[N+](=O)[O-])C1. The van der Waals surface area contributed by atoms with E-state index in [0.29, 0.717) is 19.4 Å². The summed E-state index contributed by atoms with van der Waals surface area (Å²) in [5, 5.41) is 20.2. The molecule has 1 aromatic heterocycles. The first-order valence-corrected chi connectivity index (χ1v) is 6.02. The Labute approximate surface area is 110 Å². The van der Waals surface area contributed by atoms with Crippen LogP contribution in [0.5, 0.6) is 0 Å². The molecule has 2 heterocycles.